The smallest absolute Gasteiger partial charge is 0.337 e. The Morgan fingerprint density at radius 1 is 1.03 bits per heavy atom. The van der Waals surface area contributed by atoms with Crippen molar-refractivity contribution in [3.8, 4) is 0 Å². The van der Waals surface area contributed by atoms with E-state index in [9.17, 15) is 13.2 Å². The first-order valence-corrected chi connectivity index (χ1v) is 10.9. The third-order valence-corrected chi connectivity index (χ3v) is 6.10. The van der Waals surface area contributed by atoms with Gasteiger partial charge in [0, 0.05) is 24.3 Å². The van der Waals surface area contributed by atoms with Crippen molar-refractivity contribution in [3.63, 3.8) is 0 Å². The molecule has 0 saturated heterocycles. The molecule has 3 aromatic carbocycles. The first-order valence-electron chi connectivity index (χ1n) is 9.06. The van der Waals surface area contributed by atoms with E-state index in [0.717, 1.165) is 5.56 Å². The number of rotatable bonds is 7. The molecule has 0 bridgehead atoms. The molecule has 6 nitrogen and oxygen atoms in total. The molecule has 0 spiro atoms. The Labute approximate surface area is 181 Å². The predicted molar refractivity (Wildman–Crippen MR) is 119 cm³/mol. The lowest BCUT2D eigenvalue weighted by Gasteiger charge is -2.23. The minimum Gasteiger partial charge on any atom is -0.465 e. The van der Waals surface area contributed by atoms with Gasteiger partial charge in [-0.25, -0.2) is 13.2 Å². The highest BCUT2D eigenvalue weighted by atomic mass is 35.5. The van der Waals surface area contributed by atoms with Gasteiger partial charge >= 0.3 is 5.97 Å². The van der Waals surface area contributed by atoms with E-state index < -0.39 is 16.0 Å². The standard InChI is InChI=1S/C22H21ClN2O4S/c1-25(15-16-6-4-3-5-7-16)20-13-8-17(22(26)29-2)14-21(20)30(27,28)24-19-11-9-18(23)10-12-19/h3-14,24H,15H2,1-2H3. The molecule has 30 heavy (non-hydrogen) atoms. The van der Waals surface area contributed by atoms with Crippen LogP contribution < -0.4 is 9.62 Å². The SMILES string of the molecule is COC(=O)c1ccc(N(C)Cc2ccccc2)c(S(=O)(=O)Nc2ccc(Cl)cc2)c1. The Hall–Kier alpha value is -3.03. The van der Waals surface area contributed by atoms with Crippen LogP contribution >= 0.6 is 11.6 Å². The van der Waals surface area contributed by atoms with E-state index in [1.807, 2.05) is 35.2 Å². The number of hydrogen-bond acceptors (Lipinski definition) is 5. The van der Waals surface area contributed by atoms with Gasteiger partial charge in [0.1, 0.15) is 4.90 Å². The number of ether oxygens (including phenoxy) is 1. The minimum absolute atomic E-state index is 0.0289. The van der Waals surface area contributed by atoms with Gasteiger partial charge in [-0.15, -0.1) is 0 Å². The van der Waals surface area contributed by atoms with Crippen LogP contribution in [0.4, 0.5) is 11.4 Å². The van der Waals surface area contributed by atoms with Gasteiger partial charge < -0.3 is 9.64 Å². The monoisotopic (exact) mass is 444 g/mol. The summed E-state index contributed by atoms with van der Waals surface area (Å²) >= 11 is 5.88. The van der Waals surface area contributed by atoms with Crippen LogP contribution in [0, 0.1) is 0 Å². The van der Waals surface area contributed by atoms with Crippen LogP contribution in [-0.4, -0.2) is 28.5 Å². The molecule has 0 atom stereocenters. The number of anilines is 2. The maximum absolute atomic E-state index is 13.2. The average Bonchev–Trinajstić information content (AvgIpc) is 2.75. The number of carbonyl (C=O) groups excluding carboxylic acids is 1. The molecule has 0 fully saturated rings. The van der Waals surface area contributed by atoms with Crippen molar-refractivity contribution in [1.82, 2.24) is 0 Å². The van der Waals surface area contributed by atoms with Crippen molar-refractivity contribution in [2.75, 3.05) is 23.8 Å². The number of hydrogen-bond donors (Lipinski definition) is 1. The zero-order valence-electron chi connectivity index (χ0n) is 16.5. The Bertz CT molecular complexity index is 1130. The van der Waals surface area contributed by atoms with Crippen LogP contribution in [0.2, 0.25) is 5.02 Å². The maximum atomic E-state index is 13.2. The Balaban J connectivity index is 2.02. The fourth-order valence-electron chi connectivity index (χ4n) is 2.96. The third-order valence-electron chi connectivity index (χ3n) is 4.44. The molecule has 3 aromatic rings. The van der Waals surface area contributed by atoms with Crippen molar-refractivity contribution in [2.45, 2.75) is 11.4 Å². The van der Waals surface area contributed by atoms with Gasteiger partial charge in [0.25, 0.3) is 10.0 Å². The molecule has 0 amide bonds. The maximum Gasteiger partial charge on any atom is 0.337 e. The van der Waals surface area contributed by atoms with Crippen molar-refractivity contribution >= 4 is 39.0 Å². The predicted octanol–water partition coefficient (Wildman–Crippen LogP) is 4.56. The molecule has 0 unspecified atom stereocenters. The van der Waals surface area contributed by atoms with Gasteiger partial charge in [-0.3, -0.25) is 4.72 Å². The topological polar surface area (TPSA) is 75.7 Å². The van der Waals surface area contributed by atoms with E-state index in [1.165, 1.54) is 13.2 Å². The van der Waals surface area contributed by atoms with E-state index in [1.54, 1.807) is 43.4 Å². The van der Waals surface area contributed by atoms with Gasteiger partial charge in [-0.1, -0.05) is 41.9 Å². The number of benzene rings is 3. The van der Waals surface area contributed by atoms with Crippen LogP contribution in [0.5, 0.6) is 0 Å². The number of methoxy groups -OCH3 is 1. The normalized spacial score (nSPS) is 11.0. The van der Waals surface area contributed by atoms with Crippen LogP contribution in [0.1, 0.15) is 15.9 Å². The van der Waals surface area contributed by atoms with E-state index in [-0.39, 0.29) is 10.5 Å². The van der Waals surface area contributed by atoms with Gasteiger partial charge in [0.2, 0.25) is 0 Å². The van der Waals surface area contributed by atoms with E-state index in [2.05, 4.69) is 4.72 Å². The highest BCUT2D eigenvalue weighted by Gasteiger charge is 2.23. The molecule has 3 rings (SSSR count). The second-order valence-electron chi connectivity index (χ2n) is 6.63. The fourth-order valence-corrected chi connectivity index (χ4v) is 4.42. The summed E-state index contributed by atoms with van der Waals surface area (Å²) in [5, 5.41) is 0.494. The van der Waals surface area contributed by atoms with Gasteiger partial charge in [-0.2, -0.15) is 0 Å². The molecule has 1 N–H and O–H groups in total. The molecule has 0 radical (unpaired) electrons. The summed E-state index contributed by atoms with van der Waals surface area (Å²) in [5.74, 6) is -0.616. The summed E-state index contributed by atoms with van der Waals surface area (Å²) in [6.45, 7) is 0.488. The number of halogens is 1. The summed E-state index contributed by atoms with van der Waals surface area (Å²) in [5.41, 5.74) is 1.98. The lowest BCUT2D eigenvalue weighted by Crippen LogP contribution is -2.22. The quantitative estimate of drug-likeness (QED) is 0.540. The fraction of sp³-hybridized carbons (Fsp3) is 0.136. The zero-order chi connectivity index (χ0) is 21.7. The minimum atomic E-state index is -4.00. The number of carbonyl (C=O) groups is 1. The van der Waals surface area contributed by atoms with Crippen LogP contribution in [-0.2, 0) is 21.3 Å². The summed E-state index contributed by atoms with van der Waals surface area (Å²) in [6.07, 6.45) is 0. The molecule has 8 heteroatoms. The molecule has 0 aliphatic heterocycles. The molecule has 0 saturated carbocycles. The highest BCUT2D eigenvalue weighted by Crippen LogP contribution is 2.29. The van der Waals surface area contributed by atoms with Crippen LogP contribution in [0.3, 0.4) is 0 Å². The molecule has 0 heterocycles. The molecule has 0 aliphatic carbocycles. The largest absolute Gasteiger partial charge is 0.465 e. The third kappa shape index (κ3) is 5.11. The van der Waals surface area contributed by atoms with Crippen molar-refractivity contribution in [3.05, 3.63) is 88.9 Å². The first-order chi connectivity index (χ1) is 14.3. The van der Waals surface area contributed by atoms with Crippen LogP contribution in [0.15, 0.2) is 77.7 Å². The van der Waals surface area contributed by atoms with E-state index >= 15 is 0 Å². The molecular formula is C22H21ClN2O4S. The number of esters is 1. The van der Waals surface area contributed by atoms with Gasteiger partial charge in [0.05, 0.1) is 18.4 Å². The lowest BCUT2D eigenvalue weighted by atomic mass is 10.1. The Kier molecular flexibility index (Phi) is 6.64. The number of nitrogens with zero attached hydrogens (tertiary/aromatic N) is 1. The average molecular weight is 445 g/mol. The summed E-state index contributed by atoms with van der Waals surface area (Å²) in [7, 11) is -0.960. The Morgan fingerprint density at radius 3 is 2.33 bits per heavy atom. The van der Waals surface area contributed by atoms with Crippen molar-refractivity contribution in [2.24, 2.45) is 0 Å². The van der Waals surface area contributed by atoms with E-state index in [0.29, 0.717) is 22.9 Å². The molecule has 0 aliphatic rings. The van der Waals surface area contributed by atoms with Crippen LogP contribution in [0.25, 0.3) is 0 Å². The zero-order valence-corrected chi connectivity index (χ0v) is 18.1. The summed E-state index contributed by atoms with van der Waals surface area (Å²) in [4.78, 5) is 13.8. The van der Waals surface area contributed by atoms with E-state index in [4.69, 9.17) is 16.3 Å². The molecule has 0 aromatic heterocycles. The van der Waals surface area contributed by atoms with Gasteiger partial charge in [0.15, 0.2) is 0 Å². The summed E-state index contributed by atoms with van der Waals surface area (Å²) in [6, 6.07) is 20.5. The number of sulfonamides is 1. The number of nitrogens with one attached hydrogen (secondary N) is 1. The van der Waals surface area contributed by atoms with Crippen molar-refractivity contribution in [1.29, 1.82) is 0 Å². The summed E-state index contributed by atoms with van der Waals surface area (Å²) < 4.78 is 33.7. The second kappa shape index (κ2) is 9.19. The molecule has 156 valence electrons. The highest BCUT2D eigenvalue weighted by molar-refractivity contribution is 7.92. The van der Waals surface area contributed by atoms with Gasteiger partial charge in [-0.05, 0) is 48.0 Å². The second-order valence-corrected chi connectivity index (χ2v) is 8.72. The lowest BCUT2D eigenvalue weighted by molar-refractivity contribution is 0.0600. The first kappa shape index (κ1) is 21.7. The molecular weight excluding hydrogens is 424 g/mol. The van der Waals surface area contributed by atoms with Crippen molar-refractivity contribution < 1.29 is 17.9 Å². The Morgan fingerprint density at radius 2 is 1.70 bits per heavy atom.